The molecule has 1 fully saturated rings. The van der Waals surface area contributed by atoms with E-state index in [0.29, 0.717) is 25.3 Å². The van der Waals surface area contributed by atoms with E-state index in [4.69, 9.17) is 0 Å². The number of likely N-dealkylation sites (tertiary alicyclic amines) is 1. The molecule has 0 radical (unpaired) electrons. The third kappa shape index (κ3) is 4.99. The summed E-state index contributed by atoms with van der Waals surface area (Å²) in [5.74, 6) is -0.148. The lowest BCUT2D eigenvalue weighted by molar-refractivity contribution is -0.127. The van der Waals surface area contributed by atoms with Gasteiger partial charge >= 0.3 is 0 Å². The largest absolute Gasteiger partial charge is 0.351 e. The van der Waals surface area contributed by atoms with Crippen molar-refractivity contribution in [1.29, 1.82) is 0 Å². The van der Waals surface area contributed by atoms with Crippen LogP contribution in [0.4, 0.5) is 4.39 Å². The zero-order chi connectivity index (χ0) is 19.4. The molecule has 27 heavy (non-hydrogen) atoms. The first-order chi connectivity index (χ1) is 12.9. The average molecular weight is 372 g/mol. The number of H-pyrrole nitrogens is 1. The lowest BCUT2D eigenvalue weighted by Crippen LogP contribution is -2.39. The van der Waals surface area contributed by atoms with Crippen molar-refractivity contribution < 1.29 is 14.0 Å². The maximum Gasteiger partial charge on any atom is 0.254 e. The molecule has 0 bridgehead atoms. The van der Waals surface area contributed by atoms with E-state index >= 15 is 0 Å². The Bertz CT molecular complexity index is 895. The topological polar surface area (TPSA) is 95.2 Å². The number of carbonyl (C=O) groups excluding carboxylic acids is 2. The standard InChI is InChI=1S/C19H21FN4O3/c1-12-21-10-14(19(27)22-12)8-17(25)23-16-9-18(26)24(11-16)7-6-13-2-4-15(20)5-3-13/h2-5,10,16H,6-9,11H2,1H3,(H,23,25)(H,21,22,27). The number of amides is 2. The van der Waals surface area contributed by atoms with Crippen LogP contribution in [0, 0.1) is 12.7 Å². The highest BCUT2D eigenvalue weighted by Gasteiger charge is 2.30. The number of halogens is 1. The van der Waals surface area contributed by atoms with Crippen LogP contribution in [-0.2, 0) is 22.4 Å². The van der Waals surface area contributed by atoms with Crippen LogP contribution >= 0.6 is 0 Å². The van der Waals surface area contributed by atoms with Gasteiger partial charge in [0.1, 0.15) is 11.6 Å². The summed E-state index contributed by atoms with van der Waals surface area (Å²) in [6, 6.07) is 5.90. The molecule has 1 aliphatic rings. The normalized spacial score (nSPS) is 16.6. The first-order valence-electron chi connectivity index (χ1n) is 8.77. The van der Waals surface area contributed by atoms with Crippen LogP contribution < -0.4 is 10.9 Å². The number of aromatic amines is 1. The Balaban J connectivity index is 1.50. The number of aromatic nitrogens is 2. The molecule has 2 heterocycles. The minimum Gasteiger partial charge on any atom is -0.351 e. The third-order valence-corrected chi connectivity index (χ3v) is 4.51. The summed E-state index contributed by atoms with van der Waals surface area (Å²) in [4.78, 5) is 44.3. The van der Waals surface area contributed by atoms with Crippen LogP contribution in [0.25, 0.3) is 0 Å². The second-order valence-corrected chi connectivity index (χ2v) is 6.68. The van der Waals surface area contributed by atoms with E-state index in [9.17, 15) is 18.8 Å². The van der Waals surface area contributed by atoms with Gasteiger partial charge in [-0.15, -0.1) is 0 Å². The third-order valence-electron chi connectivity index (χ3n) is 4.51. The molecule has 0 saturated carbocycles. The van der Waals surface area contributed by atoms with Crippen LogP contribution in [0.15, 0.2) is 35.3 Å². The van der Waals surface area contributed by atoms with E-state index in [-0.39, 0.29) is 47.6 Å². The molecule has 2 aromatic rings. The number of carbonyl (C=O) groups is 2. The molecule has 1 saturated heterocycles. The average Bonchev–Trinajstić information content (AvgIpc) is 2.96. The molecule has 8 heteroatoms. The molecule has 3 rings (SSSR count). The summed E-state index contributed by atoms with van der Waals surface area (Å²) < 4.78 is 12.9. The lowest BCUT2D eigenvalue weighted by Gasteiger charge is -2.17. The molecule has 7 nitrogen and oxygen atoms in total. The van der Waals surface area contributed by atoms with Crippen molar-refractivity contribution >= 4 is 11.8 Å². The van der Waals surface area contributed by atoms with E-state index in [1.54, 1.807) is 24.0 Å². The van der Waals surface area contributed by atoms with E-state index in [1.165, 1.54) is 18.3 Å². The Hall–Kier alpha value is -3.03. The van der Waals surface area contributed by atoms with Gasteiger partial charge in [0, 0.05) is 31.3 Å². The number of rotatable bonds is 6. The van der Waals surface area contributed by atoms with Gasteiger partial charge in [0.2, 0.25) is 11.8 Å². The zero-order valence-corrected chi connectivity index (χ0v) is 15.0. The summed E-state index contributed by atoms with van der Waals surface area (Å²) in [7, 11) is 0. The number of hydrogen-bond donors (Lipinski definition) is 2. The van der Waals surface area contributed by atoms with Crippen molar-refractivity contribution in [2.45, 2.75) is 32.2 Å². The van der Waals surface area contributed by atoms with E-state index in [2.05, 4.69) is 15.3 Å². The fraction of sp³-hybridized carbons (Fsp3) is 0.368. The lowest BCUT2D eigenvalue weighted by atomic mass is 10.1. The van der Waals surface area contributed by atoms with Gasteiger partial charge in [0.05, 0.1) is 12.5 Å². The van der Waals surface area contributed by atoms with Crippen molar-refractivity contribution in [2.75, 3.05) is 13.1 Å². The highest BCUT2D eigenvalue weighted by molar-refractivity contribution is 5.83. The van der Waals surface area contributed by atoms with Gasteiger partial charge in [-0.1, -0.05) is 12.1 Å². The Labute approximate surface area is 155 Å². The number of nitrogens with one attached hydrogen (secondary N) is 2. The smallest absolute Gasteiger partial charge is 0.254 e. The highest BCUT2D eigenvalue weighted by Crippen LogP contribution is 2.13. The quantitative estimate of drug-likeness (QED) is 0.781. The Morgan fingerprint density at radius 1 is 1.33 bits per heavy atom. The van der Waals surface area contributed by atoms with Gasteiger partial charge in [0.15, 0.2) is 0 Å². The summed E-state index contributed by atoms with van der Waals surface area (Å²) in [5.41, 5.74) is 0.902. The van der Waals surface area contributed by atoms with E-state index in [1.807, 2.05) is 0 Å². The Kier molecular flexibility index (Phi) is 5.63. The molecule has 2 amide bonds. The summed E-state index contributed by atoms with van der Waals surface area (Å²) in [6.07, 6.45) is 2.17. The van der Waals surface area contributed by atoms with E-state index < -0.39 is 0 Å². The van der Waals surface area contributed by atoms with Gasteiger partial charge in [-0.2, -0.15) is 0 Å². The first-order valence-corrected chi connectivity index (χ1v) is 8.77. The zero-order valence-electron chi connectivity index (χ0n) is 15.0. The molecule has 1 aromatic heterocycles. The maximum atomic E-state index is 12.9. The molecule has 1 atom stereocenters. The predicted octanol–water partition coefficient (Wildman–Crippen LogP) is 0.720. The minimum absolute atomic E-state index is 0.0303. The monoisotopic (exact) mass is 372 g/mol. The minimum atomic E-state index is -0.332. The highest BCUT2D eigenvalue weighted by atomic mass is 19.1. The number of benzene rings is 1. The first kappa shape index (κ1) is 18.8. The van der Waals surface area contributed by atoms with Crippen molar-refractivity contribution in [3.63, 3.8) is 0 Å². The van der Waals surface area contributed by atoms with Gasteiger partial charge in [0.25, 0.3) is 5.56 Å². The molecule has 1 aliphatic heterocycles. The molecule has 2 N–H and O–H groups in total. The number of nitrogens with zero attached hydrogens (tertiary/aromatic N) is 2. The molecule has 1 aromatic carbocycles. The Morgan fingerprint density at radius 2 is 2.07 bits per heavy atom. The van der Waals surface area contributed by atoms with Crippen LogP contribution in [0.2, 0.25) is 0 Å². The van der Waals surface area contributed by atoms with Gasteiger partial charge in [-0.25, -0.2) is 9.37 Å². The van der Waals surface area contributed by atoms with E-state index in [0.717, 1.165) is 5.56 Å². The summed E-state index contributed by atoms with van der Waals surface area (Å²) >= 11 is 0. The molecule has 1 unspecified atom stereocenters. The maximum absolute atomic E-state index is 12.9. The second kappa shape index (κ2) is 8.11. The molecule has 142 valence electrons. The van der Waals surface area contributed by atoms with Crippen molar-refractivity contribution in [2.24, 2.45) is 0 Å². The fourth-order valence-electron chi connectivity index (χ4n) is 3.09. The van der Waals surface area contributed by atoms with Crippen LogP contribution in [0.3, 0.4) is 0 Å². The van der Waals surface area contributed by atoms with Gasteiger partial charge in [-0.05, 0) is 31.0 Å². The number of hydrogen-bond acceptors (Lipinski definition) is 4. The fourth-order valence-corrected chi connectivity index (χ4v) is 3.09. The summed E-state index contributed by atoms with van der Waals surface area (Å²) in [6.45, 7) is 2.60. The van der Waals surface area contributed by atoms with Crippen molar-refractivity contribution in [1.82, 2.24) is 20.2 Å². The SMILES string of the molecule is Cc1ncc(CC(=O)NC2CC(=O)N(CCc3ccc(F)cc3)C2)c(=O)[nH]1. The van der Waals surface area contributed by atoms with Gasteiger partial charge in [-0.3, -0.25) is 14.4 Å². The van der Waals surface area contributed by atoms with Crippen LogP contribution in [0.1, 0.15) is 23.4 Å². The second-order valence-electron chi connectivity index (χ2n) is 6.68. The summed E-state index contributed by atoms with van der Waals surface area (Å²) in [5, 5.41) is 2.80. The molecule has 0 spiro atoms. The number of aryl methyl sites for hydroxylation is 1. The molecular formula is C19H21FN4O3. The molecule has 0 aliphatic carbocycles. The van der Waals surface area contributed by atoms with Gasteiger partial charge < -0.3 is 15.2 Å². The van der Waals surface area contributed by atoms with Crippen LogP contribution in [-0.4, -0.2) is 45.8 Å². The molecular weight excluding hydrogens is 351 g/mol. The van der Waals surface area contributed by atoms with Crippen LogP contribution in [0.5, 0.6) is 0 Å². The Morgan fingerprint density at radius 3 is 2.78 bits per heavy atom. The predicted molar refractivity (Wildman–Crippen MR) is 96.5 cm³/mol. The van der Waals surface area contributed by atoms with Crippen molar-refractivity contribution in [3.05, 3.63) is 63.6 Å². The van der Waals surface area contributed by atoms with Crippen molar-refractivity contribution in [3.8, 4) is 0 Å².